The maximum atomic E-state index is 12.7. The molecule has 0 radical (unpaired) electrons. The second-order valence-corrected chi connectivity index (χ2v) is 7.96. The van der Waals surface area contributed by atoms with Gasteiger partial charge in [-0.05, 0) is 42.5 Å². The Labute approximate surface area is 136 Å². The molecule has 0 saturated carbocycles. The van der Waals surface area contributed by atoms with Crippen LogP contribution in [0.4, 0.5) is 0 Å². The van der Waals surface area contributed by atoms with Gasteiger partial charge in [0, 0.05) is 13.1 Å². The van der Waals surface area contributed by atoms with Crippen LogP contribution >= 0.6 is 0 Å². The normalized spacial score (nSPS) is 22.3. The van der Waals surface area contributed by atoms with Crippen LogP contribution in [0.15, 0.2) is 29.2 Å². The van der Waals surface area contributed by atoms with E-state index >= 15 is 0 Å². The molecule has 0 N–H and O–H groups in total. The van der Waals surface area contributed by atoms with Crippen molar-refractivity contribution in [2.24, 2.45) is 11.8 Å². The monoisotopic (exact) mass is 336 g/mol. The predicted octanol–water partition coefficient (Wildman–Crippen LogP) is 2.03. The van der Waals surface area contributed by atoms with E-state index in [0.717, 1.165) is 6.42 Å². The Hall–Kier alpha value is -1.91. The van der Waals surface area contributed by atoms with Gasteiger partial charge >= 0.3 is 5.97 Å². The molecular weight excluding hydrogens is 316 g/mol. The first-order chi connectivity index (χ1) is 10.8. The van der Waals surface area contributed by atoms with E-state index in [0.29, 0.717) is 24.9 Å². The summed E-state index contributed by atoms with van der Waals surface area (Å²) in [5.74, 6) is 0.0123. The minimum atomic E-state index is -3.56. The molecule has 1 aliphatic rings. The van der Waals surface area contributed by atoms with Gasteiger partial charge in [-0.25, -0.2) is 13.2 Å². The highest BCUT2D eigenvalue weighted by Gasteiger charge is 2.31. The fourth-order valence-corrected chi connectivity index (χ4v) is 4.57. The summed E-state index contributed by atoms with van der Waals surface area (Å²) < 4.78 is 31.6. The summed E-state index contributed by atoms with van der Waals surface area (Å²) >= 11 is 0. The summed E-state index contributed by atoms with van der Waals surface area (Å²) in [6.45, 7) is 4.79. The molecule has 1 aliphatic heterocycles. The summed E-state index contributed by atoms with van der Waals surface area (Å²) in [5, 5.41) is 8.39. The van der Waals surface area contributed by atoms with Gasteiger partial charge in [-0.15, -0.1) is 0 Å². The van der Waals surface area contributed by atoms with Crippen molar-refractivity contribution in [2.75, 3.05) is 19.7 Å². The molecule has 1 aromatic carbocycles. The van der Waals surface area contributed by atoms with E-state index in [1.165, 1.54) is 28.6 Å². The van der Waals surface area contributed by atoms with Crippen molar-refractivity contribution in [3.63, 3.8) is 0 Å². The molecule has 0 unspecified atom stereocenters. The van der Waals surface area contributed by atoms with E-state index in [-0.39, 0.29) is 17.1 Å². The summed E-state index contributed by atoms with van der Waals surface area (Å²) in [6, 6.07) is 7.33. The Balaban J connectivity index is 2.17. The summed E-state index contributed by atoms with van der Waals surface area (Å²) in [4.78, 5) is 11.8. The van der Waals surface area contributed by atoms with Crippen LogP contribution in [0.25, 0.3) is 0 Å². The smallest absolute Gasteiger partial charge is 0.339 e. The Morgan fingerprint density at radius 3 is 2.35 bits per heavy atom. The first-order valence-electron chi connectivity index (χ1n) is 7.49. The van der Waals surface area contributed by atoms with Gasteiger partial charge in [-0.3, -0.25) is 0 Å². The van der Waals surface area contributed by atoms with E-state index in [1.807, 2.05) is 13.8 Å². The first-order valence-corrected chi connectivity index (χ1v) is 8.93. The lowest BCUT2D eigenvalue weighted by Crippen LogP contribution is -2.42. The molecule has 2 atom stereocenters. The molecule has 1 aromatic rings. The largest absolute Gasteiger partial charge is 0.447 e. The number of sulfonamides is 1. The quantitative estimate of drug-likeness (QED) is 0.785. The van der Waals surface area contributed by atoms with E-state index < -0.39 is 16.0 Å². The van der Waals surface area contributed by atoms with Crippen LogP contribution in [-0.2, 0) is 14.8 Å². The highest BCUT2D eigenvalue weighted by molar-refractivity contribution is 7.89. The average Bonchev–Trinajstić information content (AvgIpc) is 2.51. The number of nitrogens with zero attached hydrogens (tertiary/aromatic N) is 2. The third-order valence-electron chi connectivity index (χ3n) is 3.83. The molecule has 6 nitrogen and oxygen atoms in total. The number of benzene rings is 1. The van der Waals surface area contributed by atoms with Gasteiger partial charge in [0.1, 0.15) is 6.07 Å². The van der Waals surface area contributed by atoms with Crippen molar-refractivity contribution in [1.29, 1.82) is 5.26 Å². The van der Waals surface area contributed by atoms with Crippen molar-refractivity contribution in [3.8, 4) is 6.07 Å². The van der Waals surface area contributed by atoms with Crippen LogP contribution in [0.1, 0.15) is 30.6 Å². The van der Waals surface area contributed by atoms with Crippen LogP contribution in [0.3, 0.4) is 0 Å². The minimum Gasteiger partial charge on any atom is -0.447 e. The zero-order valence-corrected chi connectivity index (χ0v) is 14.0. The number of carbonyl (C=O) groups excluding carboxylic acids is 1. The van der Waals surface area contributed by atoms with Crippen LogP contribution in [0, 0.1) is 23.2 Å². The van der Waals surface area contributed by atoms with Crippen LogP contribution < -0.4 is 0 Å². The van der Waals surface area contributed by atoms with E-state index in [1.54, 1.807) is 6.07 Å². The lowest BCUT2D eigenvalue weighted by molar-refractivity contribution is 0.0555. The van der Waals surface area contributed by atoms with Gasteiger partial charge in [0.05, 0.1) is 10.5 Å². The summed E-state index contributed by atoms with van der Waals surface area (Å²) in [5.41, 5.74) is 0.222. The Kier molecular flexibility index (Phi) is 5.39. The number of ether oxygens (including phenoxy) is 1. The maximum absolute atomic E-state index is 12.7. The molecule has 0 amide bonds. The average molecular weight is 336 g/mol. The fourth-order valence-electron chi connectivity index (χ4n) is 2.90. The van der Waals surface area contributed by atoms with E-state index in [4.69, 9.17) is 5.26 Å². The van der Waals surface area contributed by atoms with Crippen LogP contribution in [0.5, 0.6) is 0 Å². The van der Waals surface area contributed by atoms with Gasteiger partial charge in [0.25, 0.3) is 0 Å². The molecule has 0 aromatic heterocycles. The standard InChI is InChI=1S/C16H20N2O4S/c1-12-9-13(2)11-18(10-12)23(20,21)15-5-3-14(4-6-15)16(19)22-8-7-17/h3-6,12-13H,8-11H2,1-2H3/t12-,13-/m1/s1. The highest BCUT2D eigenvalue weighted by atomic mass is 32.2. The number of nitriles is 1. The minimum absolute atomic E-state index is 0.163. The van der Waals surface area contributed by atoms with E-state index in [9.17, 15) is 13.2 Å². The number of rotatable bonds is 4. The molecule has 1 saturated heterocycles. The number of esters is 1. The zero-order valence-electron chi connectivity index (χ0n) is 13.2. The molecule has 0 bridgehead atoms. The number of hydrogen-bond acceptors (Lipinski definition) is 5. The highest BCUT2D eigenvalue weighted by Crippen LogP contribution is 2.26. The van der Waals surface area contributed by atoms with Crippen molar-refractivity contribution in [1.82, 2.24) is 4.31 Å². The third kappa shape index (κ3) is 4.09. The molecular formula is C16H20N2O4S. The zero-order chi connectivity index (χ0) is 17.0. The number of hydrogen-bond donors (Lipinski definition) is 0. The molecule has 1 fully saturated rings. The topological polar surface area (TPSA) is 87.5 Å². The lowest BCUT2D eigenvalue weighted by atomic mass is 9.94. The number of piperidine rings is 1. The van der Waals surface area contributed by atoms with Gasteiger partial charge < -0.3 is 4.74 Å². The first kappa shape index (κ1) is 17.4. The summed E-state index contributed by atoms with van der Waals surface area (Å²) in [6.07, 6.45) is 1.02. The summed E-state index contributed by atoms with van der Waals surface area (Å²) in [7, 11) is -3.56. The van der Waals surface area contributed by atoms with Gasteiger partial charge in [-0.1, -0.05) is 13.8 Å². The molecule has 0 aliphatic carbocycles. The molecule has 1 heterocycles. The molecule has 0 spiro atoms. The van der Waals surface area contributed by atoms with Crippen molar-refractivity contribution in [3.05, 3.63) is 29.8 Å². The second-order valence-electron chi connectivity index (χ2n) is 6.03. The second kappa shape index (κ2) is 7.11. The third-order valence-corrected chi connectivity index (χ3v) is 5.68. The fraction of sp³-hybridized carbons (Fsp3) is 0.500. The van der Waals surface area contributed by atoms with Gasteiger partial charge in [-0.2, -0.15) is 9.57 Å². The van der Waals surface area contributed by atoms with E-state index in [2.05, 4.69) is 4.74 Å². The molecule has 23 heavy (non-hydrogen) atoms. The van der Waals surface area contributed by atoms with Crippen LogP contribution in [0.2, 0.25) is 0 Å². The van der Waals surface area contributed by atoms with Crippen molar-refractivity contribution >= 4 is 16.0 Å². The maximum Gasteiger partial charge on any atom is 0.339 e. The molecule has 7 heteroatoms. The Morgan fingerprint density at radius 2 is 1.83 bits per heavy atom. The Bertz CT molecular complexity index is 697. The molecule has 124 valence electrons. The van der Waals surface area contributed by atoms with Gasteiger partial charge in [0.2, 0.25) is 10.0 Å². The van der Waals surface area contributed by atoms with Crippen molar-refractivity contribution in [2.45, 2.75) is 25.2 Å². The van der Waals surface area contributed by atoms with Crippen LogP contribution in [-0.4, -0.2) is 38.4 Å². The SMILES string of the molecule is C[C@@H]1C[C@@H](C)CN(S(=O)(=O)c2ccc(C(=O)OCC#N)cc2)C1. The lowest BCUT2D eigenvalue weighted by Gasteiger charge is -2.34. The Morgan fingerprint density at radius 1 is 1.26 bits per heavy atom. The molecule has 2 rings (SSSR count). The number of carbonyl (C=O) groups is 1. The predicted molar refractivity (Wildman–Crippen MR) is 84.0 cm³/mol. The van der Waals surface area contributed by atoms with Gasteiger partial charge in [0.15, 0.2) is 6.61 Å². The van der Waals surface area contributed by atoms with Crippen molar-refractivity contribution < 1.29 is 17.9 Å².